The van der Waals surface area contributed by atoms with E-state index >= 15 is 0 Å². The topological polar surface area (TPSA) is 112 Å². The fraction of sp³-hybridized carbons (Fsp3) is 0.231. The Morgan fingerprint density at radius 1 is 1.03 bits per heavy atom. The van der Waals surface area contributed by atoms with Crippen molar-refractivity contribution >= 4 is 23.5 Å². The van der Waals surface area contributed by atoms with E-state index in [1.807, 2.05) is 6.07 Å². The van der Waals surface area contributed by atoms with Gasteiger partial charge >= 0.3 is 11.9 Å². The Morgan fingerprint density at radius 3 is 2.37 bits per heavy atom. The summed E-state index contributed by atoms with van der Waals surface area (Å²) in [6.45, 7) is -0.176. The Labute approximate surface area is 203 Å². The monoisotopic (exact) mass is 475 g/mol. The van der Waals surface area contributed by atoms with Gasteiger partial charge in [-0.25, -0.2) is 14.6 Å². The van der Waals surface area contributed by atoms with Crippen LogP contribution in [-0.4, -0.2) is 53.7 Å². The largest absolute Gasteiger partial charge is 0.497 e. The van der Waals surface area contributed by atoms with E-state index in [2.05, 4.69) is 4.98 Å². The van der Waals surface area contributed by atoms with E-state index in [-0.39, 0.29) is 13.1 Å². The molecule has 4 amide bonds. The second-order valence-corrected chi connectivity index (χ2v) is 8.16. The summed E-state index contributed by atoms with van der Waals surface area (Å²) in [6, 6.07) is 19.8. The molecule has 4 rings (SSSR count). The van der Waals surface area contributed by atoms with Crippen LogP contribution in [0.15, 0.2) is 79.0 Å². The first-order valence-electron chi connectivity index (χ1n) is 11.3. The molecule has 1 aliphatic rings. The number of hydrogen-bond donors (Lipinski definition) is 1. The molecule has 1 fully saturated rings. The maximum atomic E-state index is 13.8. The van der Waals surface area contributed by atoms with E-state index in [4.69, 9.17) is 15.2 Å². The number of likely N-dealkylation sites (tertiary alicyclic amines) is 1. The predicted octanol–water partition coefficient (Wildman–Crippen LogP) is 3.36. The first-order chi connectivity index (χ1) is 17.0. The second-order valence-electron chi connectivity index (χ2n) is 8.16. The van der Waals surface area contributed by atoms with Crippen LogP contribution in [0.4, 0.5) is 10.5 Å². The number of quaternary nitrogens is 1. The summed E-state index contributed by atoms with van der Waals surface area (Å²) < 4.78 is 10.4. The van der Waals surface area contributed by atoms with Gasteiger partial charge in [0.2, 0.25) is 5.88 Å². The zero-order valence-electron chi connectivity index (χ0n) is 19.4. The van der Waals surface area contributed by atoms with Crippen LogP contribution in [0.3, 0.4) is 0 Å². The highest BCUT2D eigenvalue weighted by Gasteiger charge is 2.55. The van der Waals surface area contributed by atoms with Crippen molar-refractivity contribution in [2.75, 3.05) is 25.1 Å². The number of carbonyl (C=O) groups excluding carboxylic acids is 3. The number of aromatic nitrogens is 1. The van der Waals surface area contributed by atoms with E-state index in [1.165, 1.54) is 12.0 Å². The molecule has 0 spiro atoms. The van der Waals surface area contributed by atoms with Crippen molar-refractivity contribution in [1.29, 1.82) is 0 Å². The number of imide groups is 1. The van der Waals surface area contributed by atoms with E-state index < -0.39 is 28.6 Å². The average molecular weight is 476 g/mol. The first-order valence-corrected chi connectivity index (χ1v) is 11.3. The van der Waals surface area contributed by atoms with Gasteiger partial charge in [0, 0.05) is 36.4 Å². The molecular formula is C26H27N4O5+. The van der Waals surface area contributed by atoms with Gasteiger partial charge in [-0.2, -0.15) is 0 Å². The van der Waals surface area contributed by atoms with Gasteiger partial charge in [0.25, 0.3) is 12.1 Å². The summed E-state index contributed by atoms with van der Waals surface area (Å²) in [6.07, 6.45) is 1.74. The van der Waals surface area contributed by atoms with Crippen LogP contribution in [0.2, 0.25) is 0 Å². The van der Waals surface area contributed by atoms with Crippen molar-refractivity contribution in [3.05, 3.63) is 84.6 Å². The summed E-state index contributed by atoms with van der Waals surface area (Å²) >= 11 is 0. The first kappa shape index (κ1) is 23.9. The third-order valence-corrected chi connectivity index (χ3v) is 6.13. The highest BCUT2D eigenvalue weighted by Crippen LogP contribution is 2.30. The van der Waals surface area contributed by atoms with Gasteiger partial charge in [-0.1, -0.05) is 24.3 Å². The van der Waals surface area contributed by atoms with Crippen LogP contribution in [0.1, 0.15) is 23.2 Å². The number of nitrogens with two attached hydrogens (primary N) is 1. The SMILES string of the molecule is COc1ccc(C(=O)N(CC(=O)[N@@+]2(C(N)=O)CCCC2Oc2ccccn2)c2ccccc2)cc1. The van der Waals surface area contributed by atoms with Crippen molar-refractivity contribution in [2.45, 2.75) is 19.1 Å². The number of nitrogens with zero attached hydrogens (tertiary/aromatic N) is 3. The van der Waals surface area contributed by atoms with Crippen LogP contribution >= 0.6 is 0 Å². The van der Waals surface area contributed by atoms with Gasteiger partial charge in [-0.05, 0) is 42.5 Å². The molecule has 2 atom stereocenters. The van der Waals surface area contributed by atoms with E-state index in [0.29, 0.717) is 35.7 Å². The van der Waals surface area contributed by atoms with Crippen molar-refractivity contribution in [2.24, 2.45) is 5.73 Å². The van der Waals surface area contributed by atoms with E-state index in [9.17, 15) is 14.4 Å². The minimum absolute atomic E-state index is 0.186. The standard InChI is InChI=1S/C26H26N4O5/c1-34-21-14-12-19(13-15-21)25(32)29(20-8-3-2-4-9-20)18-23(31)30(26(27)33)17-7-11-24(30)35-22-10-5-6-16-28-22/h2-6,8-10,12-16,24H,7,11,17-18H2,1H3,(H-,27,33)/p+1/t24?,30-/m0/s1. The average Bonchev–Trinajstić information content (AvgIpc) is 3.32. The molecule has 2 N–H and O–H groups in total. The Kier molecular flexibility index (Phi) is 7.07. The Balaban J connectivity index is 1.66. The predicted molar refractivity (Wildman–Crippen MR) is 129 cm³/mol. The number of anilines is 1. The Hall–Kier alpha value is -4.24. The molecule has 3 aromatic rings. The normalized spacial score (nSPS) is 19.1. The summed E-state index contributed by atoms with van der Waals surface area (Å²) in [7, 11) is 1.54. The fourth-order valence-electron chi connectivity index (χ4n) is 4.28. The fourth-order valence-corrected chi connectivity index (χ4v) is 4.28. The lowest BCUT2D eigenvalue weighted by Crippen LogP contribution is -2.66. The molecule has 1 unspecified atom stereocenters. The molecule has 2 aromatic carbocycles. The molecule has 0 radical (unpaired) electrons. The molecule has 9 nitrogen and oxygen atoms in total. The number of para-hydroxylation sites is 1. The van der Waals surface area contributed by atoms with E-state index in [0.717, 1.165) is 0 Å². The number of pyridine rings is 1. The summed E-state index contributed by atoms with van der Waals surface area (Å²) in [5.41, 5.74) is 6.70. The number of urea groups is 1. The maximum Gasteiger partial charge on any atom is 0.424 e. The van der Waals surface area contributed by atoms with Crippen LogP contribution in [0.5, 0.6) is 11.6 Å². The van der Waals surface area contributed by atoms with Crippen LogP contribution < -0.4 is 20.1 Å². The van der Waals surface area contributed by atoms with Crippen molar-refractivity contribution in [3.8, 4) is 11.6 Å². The highest BCUT2D eigenvalue weighted by atomic mass is 16.5. The zero-order chi connectivity index (χ0) is 24.8. The molecule has 0 bridgehead atoms. The van der Waals surface area contributed by atoms with Gasteiger partial charge in [-0.3, -0.25) is 9.69 Å². The number of rotatable bonds is 7. The minimum Gasteiger partial charge on any atom is -0.497 e. The Bertz CT molecular complexity index is 1190. The number of carbonyl (C=O) groups is 3. The second kappa shape index (κ2) is 10.4. The van der Waals surface area contributed by atoms with E-state index in [1.54, 1.807) is 72.9 Å². The molecule has 2 heterocycles. The summed E-state index contributed by atoms with van der Waals surface area (Å²) in [5.74, 6) is -0.0169. The Morgan fingerprint density at radius 2 is 1.74 bits per heavy atom. The molecule has 0 aliphatic carbocycles. The smallest absolute Gasteiger partial charge is 0.424 e. The third-order valence-electron chi connectivity index (χ3n) is 6.13. The van der Waals surface area contributed by atoms with Gasteiger partial charge < -0.3 is 15.2 Å². The molecule has 0 saturated carbocycles. The van der Waals surface area contributed by atoms with Crippen LogP contribution in [0, 0.1) is 0 Å². The van der Waals surface area contributed by atoms with Gasteiger partial charge in [0.05, 0.1) is 13.7 Å². The molecule has 9 heteroatoms. The molecule has 1 aliphatic heterocycles. The molecule has 180 valence electrons. The minimum atomic E-state index is -0.830. The number of methoxy groups -OCH3 is 1. The highest BCUT2D eigenvalue weighted by molar-refractivity contribution is 6.08. The van der Waals surface area contributed by atoms with Crippen molar-refractivity contribution in [1.82, 2.24) is 4.98 Å². The number of ether oxygens (including phenoxy) is 2. The van der Waals surface area contributed by atoms with Crippen LogP contribution in [-0.2, 0) is 4.79 Å². The number of benzene rings is 2. The summed E-state index contributed by atoms with van der Waals surface area (Å²) in [5, 5.41) is 0. The van der Waals surface area contributed by atoms with Gasteiger partial charge in [0.1, 0.15) is 12.3 Å². The molecule has 35 heavy (non-hydrogen) atoms. The van der Waals surface area contributed by atoms with Crippen molar-refractivity contribution in [3.63, 3.8) is 0 Å². The van der Waals surface area contributed by atoms with Gasteiger partial charge in [-0.15, -0.1) is 4.48 Å². The van der Waals surface area contributed by atoms with Gasteiger partial charge in [0.15, 0.2) is 0 Å². The lowest BCUT2D eigenvalue weighted by Gasteiger charge is -2.34. The molecular weight excluding hydrogens is 448 g/mol. The van der Waals surface area contributed by atoms with Crippen LogP contribution in [0.25, 0.3) is 0 Å². The number of primary amides is 1. The maximum absolute atomic E-state index is 13.8. The number of amides is 4. The van der Waals surface area contributed by atoms with Crippen molar-refractivity contribution < 1.29 is 28.3 Å². The quantitative estimate of drug-likeness (QED) is 0.525. The summed E-state index contributed by atoms with van der Waals surface area (Å²) in [4.78, 5) is 45.5. The molecule has 1 aromatic heterocycles. The third kappa shape index (κ3) is 4.85. The lowest BCUT2D eigenvalue weighted by atomic mass is 10.1. The lowest BCUT2D eigenvalue weighted by molar-refractivity contribution is -0.807. The molecule has 1 saturated heterocycles. The zero-order valence-corrected chi connectivity index (χ0v) is 19.4. The number of hydrogen-bond acceptors (Lipinski definition) is 6.